The molecule has 15 rings (SSSR count). The minimum atomic E-state index is -1.47. The highest BCUT2D eigenvalue weighted by atomic mass is 16.5. The highest BCUT2D eigenvalue weighted by Gasteiger charge is 2.48. The van der Waals surface area contributed by atoms with Crippen molar-refractivity contribution in [1.82, 2.24) is 30.4 Å². The first-order valence-electron chi connectivity index (χ1n) is 37.2. The zero-order chi connectivity index (χ0) is 74.5. The first-order valence-corrected chi connectivity index (χ1v) is 37.2. The number of nitrogens with one attached hydrogen (secondary N) is 2. The van der Waals surface area contributed by atoms with Crippen molar-refractivity contribution in [3.63, 3.8) is 0 Å². The van der Waals surface area contributed by atoms with Gasteiger partial charge in [0.15, 0.2) is 0 Å². The summed E-state index contributed by atoms with van der Waals surface area (Å²) in [4.78, 5) is 108. The molecule has 2 fully saturated rings. The third kappa shape index (κ3) is 13.1. The summed E-state index contributed by atoms with van der Waals surface area (Å²) < 4.78 is 29.7. The molecule has 0 radical (unpaired) electrons. The van der Waals surface area contributed by atoms with Gasteiger partial charge in [0, 0.05) is 80.0 Å². The zero-order valence-corrected chi connectivity index (χ0v) is 62.4. The zero-order valence-electron chi connectivity index (χ0n) is 62.4. The number of carbonyl (C=O) groups is 6. The molecule has 2 N–H and O–H groups in total. The number of hydrogen-bond acceptors (Lipinski definition) is 12. The fraction of sp³-hybridized carbons (Fsp3) is 0.333. The van der Waals surface area contributed by atoms with E-state index in [9.17, 15) is 0 Å². The quantitative estimate of drug-likeness (QED) is 0.0528. The molecular weight excluding hydrogens is 1330 g/mol. The van der Waals surface area contributed by atoms with E-state index >= 15 is 28.8 Å². The number of rotatable bonds is 16. The van der Waals surface area contributed by atoms with Crippen molar-refractivity contribution in [2.45, 2.75) is 193 Å². The van der Waals surface area contributed by atoms with Crippen LogP contribution >= 0.6 is 0 Å². The number of nitrogens with zero attached hydrogens (tertiary/aromatic N) is 4. The lowest BCUT2D eigenvalue weighted by Crippen LogP contribution is -2.50. The SMILES string of the molecule is CC(C)(C)c1ccc(Oc2cc3c4c(cc(Oc5ccc(C(C)(C)C)cc5)c5c6c(Oc7ccc(C(C)(C)C)cc7)cc7c8c(cc(Oc9ccc(C(C)(C)C)cc9)c(c2c45)c86)C(=O)N(C(C(=O)NC2CCCCC2)c2ccncc2)C7=O)C(=O)N(C(C(=O)NC2CCCCC2)c2ccncc2)C3=O)cc1. The standard InChI is InChI=1S/C90H90N6O10/c1-87(2,3)53-23-31-59(32-24-53)103-67-47-63-71-64(84(100)95(83(63)99)79(51-39-43-91-44-40-51)81(97)93-57-19-15-13-16-20-57)49-69(105-61-35-27-55(28-36-61)89(7,8)9)75-76-70(106-62-37-29-56(30-38-62)90(10,11)12)50-66-72-65(48-68(74(78(72)76)73(67)77(71)75)104-60-33-25-54(26-34-60)88(4,5)6)85(101)96(86(66)102)80(52-41-45-92-46-42-52)82(98)94-58-21-17-14-18-22-58/h23-50,57-58,79-80H,13-22H2,1-12H3,(H,93,97)(H,94,98). The van der Waals surface area contributed by atoms with Crippen molar-refractivity contribution >= 4 is 78.5 Å². The largest absolute Gasteiger partial charge is 0.457 e. The van der Waals surface area contributed by atoms with Crippen molar-refractivity contribution in [1.29, 1.82) is 0 Å². The molecule has 11 aromatic rings. The van der Waals surface area contributed by atoms with Crippen LogP contribution in [0.3, 0.4) is 0 Å². The molecule has 2 atom stereocenters. The second-order valence-electron chi connectivity index (χ2n) is 33.2. The Morgan fingerprint density at radius 2 is 0.575 bits per heavy atom. The van der Waals surface area contributed by atoms with Gasteiger partial charge in [-0.1, -0.05) is 170 Å². The maximum atomic E-state index is 16.7. The van der Waals surface area contributed by atoms with Crippen molar-refractivity contribution in [2.24, 2.45) is 0 Å². The summed E-state index contributed by atoms with van der Waals surface area (Å²) in [5.74, 6) is -2.15. The van der Waals surface area contributed by atoms with Gasteiger partial charge in [-0.2, -0.15) is 0 Å². The summed E-state index contributed by atoms with van der Waals surface area (Å²) >= 11 is 0. The van der Waals surface area contributed by atoms with Gasteiger partial charge in [-0.25, -0.2) is 0 Å². The molecule has 2 saturated carbocycles. The maximum Gasteiger partial charge on any atom is 0.262 e. The topological polar surface area (TPSA) is 196 Å². The van der Waals surface area contributed by atoms with Crippen molar-refractivity contribution in [3.05, 3.63) is 226 Å². The van der Waals surface area contributed by atoms with Gasteiger partial charge in [0.05, 0.1) is 22.3 Å². The summed E-state index contributed by atoms with van der Waals surface area (Å²) in [5.41, 5.74) is 3.97. The van der Waals surface area contributed by atoms with Gasteiger partial charge in [-0.15, -0.1) is 0 Å². The van der Waals surface area contributed by atoms with Gasteiger partial charge in [0.1, 0.15) is 58.1 Å². The van der Waals surface area contributed by atoms with Crippen molar-refractivity contribution in [3.8, 4) is 46.0 Å². The first kappa shape index (κ1) is 70.7. The van der Waals surface area contributed by atoms with E-state index in [2.05, 4.69) is 104 Å². The lowest BCUT2D eigenvalue weighted by molar-refractivity contribution is -0.126. The summed E-state index contributed by atoms with van der Waals surface area (Å²) in [5, 5.41) is 8.86. The van der Waals surface area contributed by atoms with Crippen LogP contribution in [0.1, 0.15) is 234 Å². The molecule has 16 heteroatoms. The third-order valence-electron chi connectivity index (χ3n) is 21.7. The number of ether oxygens (including phenoxy) is 4. The molecule has 2 aliphatic heterocycles. The summed E-state index contributed by atoms with van der Waals surface area (Å²) in [6.07, 6.45) is 14.8. The van der Waals surface area contributed by atoms with Crippen LogP contribution in [-0.4, -0.2) is 67.3 Å². The molecule has 2 aromatic heterocycles. The van der Waals surface area contributed by atoms with Crippen LogP contribution in [0.5, 0.6) is 46.0 Å². The van der Waals surface area contributed by atoms with Crippen LogP contribution in [0.25, 0.3) is 43.1 Å². The molecular formula is C90H90N6O10. The second-order valence-corrected chi connectivity index (χ2v) is 33.2. The molecule has 2 aliphatic carbocycles. The molecule has 2 unspecified atom stereocenters. The van der Waals surface area contributed by atoms with Crippen LogP contribution in [0.2, 0.25) is 0 Å². The Morgan fingerprint density at radius 1 is 0.340 bits per heavy atom. The van der Waals surface area contributed by atoms with Gasteiger partial charge in [-0.3, -0.25) is 48.5 Å². The van der Waals surface area contributed by atoms with Gasteiger partial charge in [0.2, 0.25) is 11.8 Å². The summed E-state index contributed by atoms with van der Waals surface area (Å²) in [6, 6.07) is 40.7. The Kier molecular flexibility index (Phi) is 18.1. The Morgan fingerprint density at radius 3 is 0.802 bits per heavy atom. The number of imide groups is 2. The van der Waals surface area contributed by atoms with E-state index < -0.39 is 47.5 Å². The Bertz CT molecular complexity index is 4710. The van der Waals surface area contributed by atoms with Crippen LogP contribution < -0.4 is 29.6 Å². The minimum Gasteiger partial charge on any atom is -0.457 e. The molecule has 0 bridgehead atoms. The van der Waals surface area contributed by atoms with Gasteiger partial charge in [0.25, 0.3) is 23.6 Å². The molecule has 106 heavy (non-hydrogen) atoms. The number of hydrogen-bond donors (Lipinski definition) is 2. The predicted molar refractivity (Wildman–Crippen MR) is 414 cm³/mol. The van der Waals surface area contributed by atoms with E-state index in [1.54, 1.807) is 73.3 Å². The molecule has 4 heterocycles. The highest BCUT2D eigenvalue weighted by molar-refractivity contribution is 6.45. The van der Waals surface area contributed by atoms with Crippen LogP contribution in [0.15, 0.2) is 170 Å². The molecule has 540 valence electrons. The van der Waals surface area contributed by atoms with Gasteiger partial charge >= 0.3 is 0 Å². The smallest absolute Gasteiger partial charge is 0.262 e. The van der Waals surface area contributed by atoms with Gasteiger partial charge < -0.3 is 29.6 Å². The lowest BCUT2D eigenvalue weighted by atomic mass is 9.80. The average Bonchev–Trinajstić information content (AvgIpc) is 0.672. The number of amides is 6. The van der Waals surface area contributed by atoms with E-state index in [4.69, 9.17) is 18.9 Å². The molecule has 16 nitrogen and oxygen atoms in total. The van der Waals surface area contributed by atoms with Crippen molar-refractivity contribution in [2.75, 3.05) is 0 Å². The number of pyridine rings is 2. The summed E-state index contributed by atoms with van der Waals surface area (Å²) in [6.45, 7) is 25.5. The van der Waals surface area contributed by atoms with E-state index in [0.29, 0.717) is 66.4 Å². The van der Waals surface area contributed by atoms with E-state index in [1.165, 1.54) is 0 Å². The molecule has 6 amide bonds. The fourth-order valence-corrected chi connectivity index (χ4v) is 15.9. The summed E-state index contributed by atoms with van der Waals surface area (Å²) in [7, 11) is 0. The number of carbonyl (C=O) groups excluding carboxylic acids is 6. The third-order valence-corrected chi connectivity index (χ3v) is 21.7. The monoisotopic (exact) mass is 1410 g/mol. The predicted octanol–water partition coefficient (Wildman–Crippen LogP) is 20.5. The van der Waals surface area contributed by atoms with E-state index in [-0.39, 0.29) is 89.8 Å². The van der Waals surface area contributed by atoms with E-state index in [1.807, 2.05) is 97.1 Å². The first-order chi connectivity index (χ1) is 50.6. The van der Waals surface area contributed by atoms with Crippen molar-refractivity contribution < 1.29 is 47.7 Å². The Hall–Kier alpha value is -11.0. The number of aromatic nitrogens is 2. The van der Waals surface area contributed by atoms with Crippen LogP contribution in [-0.2, 0) is 31.2 Å². The fourth-order valence-electron chi connectivity index (χ4n) is 15.9. The maximum absolute atomic E-state index is 16.7. The molecule has 0 spiro atoms. The number of benzene rings is 9. The Labute approximate surface area is 618 Å². The van der Waals surface area contributed by atoms with Crippen LogP contribution in [0, 0.1) is 0 Å². The highest BCUT2D eigenvalue weighted by Crippen LogP contribution is 2.59. The lowest BCUT2D eigenvalue weighted by Gasteiger charge is -2.36. The molecule has 4 aliphatic rings. The molecule has 0 saturated heterocycles. The Balaban J connectivity index is 1.10. The minimum absolute atomic E-state index is 0.0331. The van der Waals surface area contributed by atoms with Crippen LogP contribution in [0.4, 0.5) is 0 Å². The number of fused-ring (bicyclic) bond motifs is 2. The average molecular weight is 1420 g/mol. The van der Waals surface area contributed by atoms with Gasteiger partial charge in [-0.05, 0) is 178 Å². The van der Waals surface area contributed by atoms with E-state index in [0.717, 1.165) is 96.3 Å². The normalized spacial score (nSPS) is 16.1. The second kappa shape index (κ2) is 27.2. The molecule has 9 aromatic carbocycles.